The fourth-order valence-electron chi connectivity index (χ4n) is 3.20. The van der Waals surface area contributed by atoms with Crippen LogP contribution in [0, 0.1) is 17.2 Å². The Morgan fingerprint density at radius 2 is 2.06 bits per heavy atom. The van der Waals surface area contributed by atoms with Gasteiger partial charge in [-0.2, -0.15) is 0 Å². The zero-order valence-corrected chi connectivity index (χ0v) is 11.1. The summed E-state index contributed by atoms with van der Waals surface area (Å²) in [6.07, 6.45) is 7.58. The van der Waals surface area contributed by atoms with Gasteiger partial charge in [0.15, 0.2) is 5.78 Å². The molecule has 1 aromatic heterocycles. The van der Waals surface area contributed by atoms with Gasteiger partial charge in [0, 0.05) is 17.2 Å². The van der Waals surface area contributed by atoms with Crippen LogP contribution < -0.4 is 0 Å². The first-order valence-corrected chi connectivity index (χ1v) is 6.69. The van der Waals surface area contributed by atoms with Crippen LogP contribution in [0.1, 0.15) is 56.3 Å². The van der Waals surface area contributed by atoms with Gasteiger partial charge in [-0.1, -0.05) is 26.7 Å². The lowest BCUT2D eigenvalue weighted by atomic mass is 9.73. The summed E-state index contributed by atoms with van der Waals surface area (Å²) in [7, 11) is 0. The molecule has 1 saturated carbocycles. The molecule has 0 amide bonds. The molecule has 0 unspecified atom stereocenters. The van der Waals surface area contributed by atoms with Gasteiger partial charge in [-0.05, 0) is 31.2 Å². The van der Waals surface area contributed by atoms with Gasteiger partial charge in [-0.3, -0.25) is 9.78 Å². The summed E-state index contributed by atoms with van der Waals surface area (Å²) in [4.78, 5) is 16.4. The van der Waals surface area contributed by atoms with Gasteiger partial charge in [0.1, 0.15) is 5.82 Å². The van der Waals surface area contributed by atoms with E-state index in [0.717, 1.165) is 38.3 Å². The lowest BCUT2D eigenvalue weighted by Crippen LogP contribution is -2.30. The molecular weight excluding hydrogens is 229 g/mol. The third-order valence-electron chi connectivity index (χ3n) is 3.81. The third kappa shape index (κ3) is 2.60. The Bertz CT molecular complexity index is 436. The number of halogens is 1. The maximum Gasteiger partial charge on any atom is 0.170 e. The van der Waals surface area contributed by atoms with Gasteiger partial charge < -0.3 is 0 Å². The molecule has 1 aliphatic rings. The maximum absolute atomic E-state index is 13.2. The van der Waals surface area contributed by atoms with Gasteiger partial charge in [-0.15, -0.1) is 0 Å². The highest BCUT2D eigenvalue weighted by molar-refractivity contribution is 6.00. The highest BCUT2D eigenvalue weighted by atomic mass is 19.1. The molecule has 0 saturated heterocycles. The zero-order chi connectivity index (χ0) is 13.2. The monoisotopic (exact) mass is 249 g/mol. The van der Waals surface area contributed by atoms with Crippen LogP contribution in [0.25, 0.3) is 0 Å². The standard InChI is InChI=1S/C15H20FNO/c1-11(2)8-15(5-3-4-6-15)14(18)12-7-13(16)10-17-9-12/h7,9-11H,3-6,8H2,1-2H3. The molecule has 3 heteroatoms. The second-order valence-corrected chi connectivity index (χ2v) is 5.81. The quantitative estimate of drug-likeness (QED) is 0.755. The summed E-state index contributed by atoms with van der Waals surface area (Å²) in [6.45, 7) is 4.27. The van der Waals surface area contributed by atoms with Crippen LogP contribution in [-0.2, 0) is 0 Å². The maximum atomic E-state index is 13.2. The SMILES string of the molecule is CC(C)CC1(C(=O)c2cncc(F)c2)CCCC1. The number of hydrogen-bond acceptors (Lipinski definition) is 2. The second kappa shape index (κ2) is 5.17. The van der Waals surface area contributed by atoms with Crippen molar-refractivity contribution in [3.05, 3.63) is 29.8 Å². The molecule has 2 nitrogen and oxygen atoms in total. The molecule has 0 aromatic carbocycles. The van der Waals surface area contributed by atoms with Crippen LogP contribution >= 0.6 is 0 Å². The van der Waals surface area contributed by atoms with Crippen molar-refractivity contribution in [2.75, 3.05) is 0 Å². The number of aromatic nitrogens is 1. The Balaban J connectivity index is 2.29. The van der Waals surface area contributed by atoms with Crippen LogP contribution in [0.2, 0.25) is 0 Å². The van der Waals surface area contributed by atoms with E-state index in [4.69, 9.17) is 0 Å². The van der Waals surface area contributed by atoms with Crippen molar-refractivity contribution in [2.24, 2.45) is 11.3 Å². The average molecular weight is 249 g/mol. The van der Waals surface area contributed by atoms with E-state index in [-0.39, 0.29) is 11.2 Å². The van der Waals surface area contributed by atoms with Crippen molar-refractivity contribution in [1.82, 2.24) is 4.98 Å². The largest absolute Gasteiger partial charge is 0.293 e. The molecule has 0 aliphatic heterocycles. The Morgan fingerprint density at radius 1 is 1.39 bits per heavy atom. The number of Topliss-reactive ketones (excluding diaryl/α,β-unsaturated/α-hetero) is 1. The van der Waals surface area contributed by atoms with E-state index >= 15 is 0 Å². The lowest BCUT2D eigenvalue weighted by Gasteiger charge is -2.29. The number of hydrogen-bond donors (Lipinski definition) is 0. The fraction of sp³-hybridized carbons (Fsp3) is 0.600. The highest BCUT2D eigenvalue weighted by Gasteiger charge is 2.41. The Morgan fingerprint density at radius 3 is 2.61 bits per heavy atom. The van der Waals surface area contributed by atoms with E-state index in [1.165, 1.54) is 12.3 Å². The van der Waals surface area contributed by atoms with Crippen LogP contribution in [0.4, 0.5) is 4.39 Å². The lowest BCUT2D eigenvalue weighted by molar-refractivity contribution is 0.0759. The number of ketones is 1. The van der Waals surface area contributed by atoms with E-state index in [9.17, 15) is 9.18 Å². The van der Waals surface area contributed by atoms with Gasteiger partial charge >= 0.3 is 0 Å². The topological polar surface area (TPSA) is 30.0 Å². The van der Waals surface area contributed by atoms with E-state index in [1.54, 1.807) is 0 Å². The number of carbonyl (C=O) groups is 1. The van der Waals surface area contributed by atoms with Crippen LogP contribution in [0.5, 0.6) is 0 Å². The molecule has 1 fully saturated rings. The van der Waals surface area contributed by atoms with Crippen molar-refractivity contribution in [3.8, 4) is 0 Å². The van der Waals surface area contributed by atoms with Crippen LogP contribution in [0.15, 0.2) is 18.5 Å². The van der Waals surface area contributed by atoms with Gasteiger partial charge in [-0.25, -0.2) is 4.39 Å². The van der Waals surface area contributed by atoms with E-state index < -0.39 is 5.82 Å². The van der Waals surface area contributed by atoms with Crippen molar-refractivity contribution in [1.29, 1.82) is 0 Å². The predicted octanol–water partition coefficient (Wildman–Crippen LogP) is 4.01. The zero-order valence-electron chi connectivity index (χ0n) is 11.1. The van der Waals surface area contributed by atoms with E-state index in [2.05, 4.69) is 18.8 Å². The number of carbonyl (C=O) groups excluding carboxylic acids is 1. The third-order valence-corrected chi connectivity index (χ3v) is 3.81. The molecule has 1 heterocycles. The smallest absolute Gasteiger partial charge is 0.170 e. The molecule has 98 valence electrons. The predicted molar refractivity (Wildman–Crippen MR) is 68.9 cm³/mol. The molecule has 18 heavy (non-hydrogen) atoms. The Kier molecular flexibility index (Phi) is 3.79. The van der Waals surface area contributed by atoms with Crippen molar-refractivity contribution in [3.63, 3.8) is 0 Å². The highest BCUT2D eigenvalue weighted by Crippen LogP contribution is 2.45. The van der Waals surface area contributed by atoms with E-state index in [1.807, 2.05) is 0 Å². The fourth-order valence-corrected chi connectivity index (χ4v) is 3.20. The summed E-state index contributed by atoms with van der Waals surface area (Å²) in [5, 5.41) is 0. The van der Waals surface area contributed by atoms with Crippen molar-refractivity contribution in [2.45, 2.75) is 46.0 Å². The molecular formula is C15H20FNO. The molecule has 0 radical (unpaired) electrons. The van der Waals surface area contributed by atoms with Crippen molar-refractivity contribution < 1.29 is 9.18 Å². The molecule has 2 rings (SSSR count). The van der Waals surface area contributed by atoms with Gasteiger partial charge in [0.2, 0.25) is 0 Å². The molecule has 1 aromatic rings. The normalized spacial score (nSPS) is 18.2. The van der Waals surface area contributed by atoms with Gasteiger partial charge in [0.05, 0.1) is 6.20 Å². The molecule has 0 N–H and O–H groups in total. The molecule has 1 aliphatic carbocycles. The van der Waals surface area contributed by atoms with Crippen LogP contribution in [-0.4, -0.2) is 10.8 Å². The molecule has 0 bridgehead atoms. The summed E-state index contributed by atoms with van der Waals surface area (Å²) >= 11 is 0. The Labute approximate surface area is 108 Å². The summed E-state index contributed by atoms with van der Waals surface area (Å²) in [5.74, 6) is 0.132. The average Bonchev–Trinajstić information content (AvgIpc) is 2.77. The first-order chi connectivity index (χ1) is 8.53. The minimum atomic E-state index is -0.432. The number of rotatable bonds is 4. The summed E-state index contributed by atoms with van der Waals surface area (Å²) in [5.41, 5.74) is 0.154. The number of nitrogens with zero attached hydrogens (tertiary/aromatic N) is 1. The summed E-state index contributed by atoms with van der Waals surface area (Å²) < 4.78 is 13.2. The first kappa shape index (κ1) is 13.2. The van der Waals surface area contributed by atoms with E-state index in [0.29, 0.717) is 11.5 Å². The minimum absolute atomic E-state index is 0.0840. The second-order valence-electron chi connectivity index (χ2n) is 5.81. The molecule has 0 atom stereocenters. The molecule has 0 spiro atoms. The summed E-state index contributed by atoms with van der Waals surface area (Å²) in [6, 6.07) is 1.32. The Hall–Kier alpha value is -1.25. The van der Waals surface area contributed by atoms with Crippen molar-refractivity contribution >= 4 is 5.78 Å². The minimum Gasteiger partial charge on any atom is -0.293 e. The van der Waals surface area contributed by atoms with Gasteiger partial charge in [0.25, 0.3) is 0 Å². The first-order valence-electron chi connectivity index (χ1n) is 6.69. The number of pyridine rings is 1. The van der Waals surface area contributed by atoms with Crippen LogP contribution in [0.3, 0.4) is 0 Å².